The number of fused-ring (bicyclic) bond motifs is 1. The molecule has 0 aliphatic carbocycles. The fraction of sp³-hybridized carbons (Fsp3) is 0.436. The van der Waals surface area contributed by atoms with Crippen molar-refractivity contribution >= 4 is 46.0 Å². The van der Waals surface area contributed by atoms with Gasteiger partial charge in [-0.25, -0.2) is 9.78 Å². The topological polar surface area (TPSA) is 151 Å². The van der Waals surface area contributed by atoms with Crippen molar-refractivity contribution in [2.24, 2.45) is 0 Å². The first-order valence-corrected chi connectivity index (χ1v) is 18.2. The lowest BCUT2D eigenvalue weighted by Crippen LogP contribution is -2.49. The molecule has 2 N–H and O–H groups in total. The quantitative estimate of drug-likeness (QED) is 0.172. The number of benzene rings is 2. The molecule has 1 atom stereocenters. The number of urea groups is 1. The zero-order valence-corrected chi connectivity index (χ0v) is 30.9. The van der Waals surface area contributed by atoms with Gasteiger partial charge in [-0.05, 0) is 88.5 Å². The van der Waals surface area contributed by atoms with Crippen molar-refractivity contribution in [2.75, 3.05) is 64.2 Å². The van der Waals surface area contributed by atoms with Gasteiger partial charge in [0, 0.05) is 62.0 Å². The first-order chi connectivity index (χ1) is 25.6. The Labute approximate surface area is 309 Å². The monoisotopic (exact) mass is 724 g/mol. The second-order valence-electron chi connectivity index (χ2n) is 13.7. The number of anilines is 2. The summed E-state index contributed by atoms with van der Waals surface area (Å²) in [5.41, 5.74) is 3.43. The number of hydrogen-bond acceptors (Lipinski definition) is 9. The van der Waals surface area contributed by atoms with E-state index in [0.717, 1.165) is 74.8 Å². The average molecular weight is 725 g/mol. The average Bonchev–Trinajstić information content (AvgIpc) is 3.42. The number of rotatable bonds is 13. The maximum atomic E-state index is 13.3. The molecule has 14 heteroatoms. The molecule has 1 unspecified atom stereocenters. The van der Waals surface area contributed by atoms with E-state index < -0.39 is 6.03 Å². The molecule has 4 aromatic rings. The molecule has 0 radical (unpaired) electrons. The highest BCUT2D eigenvalue weighted by atomic mass is 16.5. The summed E-state index contributed by atoms with van der Waals surface area (Å²) in [5, 5.41) is 11.1. The molecule has 0 spiro atoms. The molecule has 2 saturated heterocycles. The van der Waals surface area contributed by atoms with Crippen LogP contribution in [0, 0.1) is 6.92 Å². The molecule has 6 rings (SSSR count). The van der Waals surface area contributed by atoms with Gasteiger partial charge in [0.2, 0.25) is 5.91 Å². The van der Waals surface area contributed by atoms with Crippen LogP contribution in [0.15, 0.2) is 54.7 Å². The first-order valence-electron chi connectivity index (χ1n) is 18.2. The highest BCUT2D eigenvalue weighted by Gasteiger charge is 2.28. The van der Waals surface area contributed by atoms with Crippen LogP contribution in [-0.2, 0) is 4.79 Å². The highest BCUT2D eigenvalue weighted by Crippen LogP contribution is 2.33. The van der Waals surface area contributed by atoms with E-state index in [9.17, 15) is 19.2 Å². The molecule has 2 aliphatic rings. The third-order valence-corrected chi connectivity index (χ3v) is 9.96. The van der Waals surface area contributed by atoms with E-state index in [2.05, 4.69) is 31.4 Å². The molecule has 5 amide bonds. The van der Waals surface area contributed by atoms with Gasteiger partial charge in [-0.1, -0.05) is 12.5 Å². The van der Waals surface area contributed by atoms with Crippen LogP contribution in [0.5, 0.6) is 11.5 Å². The molecular formula is C39H48N8O6. The van der Waals surface area contributed by atoms with Crippen molar-refractivity contribution in [3.63, 3.8) is 0 Å². The van der Waals surface area contributed by atoms with Crippen LogP contribution < -0.4 is 25.0 Å². The van der Waals surface area contributed by atoms with Crippen molar-refractivity contribution in [3.8, 4) is 11.5 Å². The number of carbonyl (C=O) groups excluding carboxylic acids is 4. The Kier molecular flexibility index (Phi) is 11.9. The van der Waals surface area contributed by atoms with Crippen LogP contribution >= 0.6 is 0 Å². The smallest absolute Gasteiger partial charge is 0.328 e. The van der Waals surface area contributed by atoms with E-state index in [1.165, 1.54) is 12.0 Å². The van der Waals surface area contributed by atoms with Gasteiger partial charge in [-0.3, -0.25) is 29.3 Å². The van der Waals surface area contributed by atoms with Gasteiger partial charge < -0.3 is 24.6 Å². The third kappa shape index (κ3) is 8.94. The molecule has 280 valence electrons. The van der Waals surface area contributed by atoms with Crippen molar-refractivity contribution < 1.29 is 28.7 Å². The lowest BCUT2D eigenvalue weighted by molar-refractivity contribution is -0.120. The largest absolute Gasteiger partial charge is 0.495 e. The number of aryl methyl sites for hydroxylation is 1. The van der Waals surface area contributed by atoms with E-state index in [4.69, 9.17) is 14.6 Å². The predicted molar refractivity (Wildman–Crippen MR) is 202 cm³/mol. The van der Waals surface area contributed by atoms with E-state index in [1.54, 1.807) is 43.3 Å². The Bertz CT molecular complexity index is 1980. The maximum absolute atomic E-state index is 13.3. The standard InChI is InChI=1S/C39H48N8O6/c1-26-10-8-12-30(40-26)37(49)41-32-22-28-25-47(43-31(28)24-35(32)53-4)29-11-9-19-45(20-15-29)18-7-5-6-17-44(2)38(50)27-13-14-34(52-3)33(23-27)46-21-16-36(48)42-39(46)51/h8,10,12-14,22-25,29H,5-7,9,11,15-21H2,1-4H3,(H,41,49)(H,42,48,51). The highest BCUT2D eigenvalue weighted by molar-refractivity contribution is 6.07. The van der Waals surface area contributed by atoms with Crippen molar-refractivity contribution in [1.29, 1.82) is 0 Å². The summed E-state index contributed by atoms with van der Waals surface area (Å²) >= 11 is 0. The number of unbranched alkanes of at least 4 members (excludes halogenated alkanes) is 2. The van der Waals surface area contributed by atoms with Gasteiger partial charge in [-0.2, -0.15) is 5.10 Å². The number of ether oxygens (including phenoxy) is 2. The molecule has 53 heavy (non-hydrogen) atoms. The number of methoxy groups -OCH3 is 2. The van der Waals surface area contributed by atoms with Gasteiger partial charge in [0.25, 0.3) is 11.8 Å². The summed E-state index contributed by atoms with van der Waals surface area (Å²) in [5.74, 6) is 0.256. The van der Waals surface area contributed by atoms with E-state index in [0.29, 0.717) is 40.7 Å². The Morgan fingerprint density at radius 2 is 1.81 bits per heavy atom. The molecule has 2 aromatic heterocycles. The van der Waals surface area contributed by atoms with Crippen LogP contribution in [0.2, 0.25) is 0 Å². The molecule has 2 aliphatic heterocycles. The number of imide groups is 1. The molecule has 0 saturated carbocycles. The van der Waals surface area contributed by atoms with Crippen LogP contribution in [0.25, 0.3) is 10.9 Å². The summed E-state index contributed by atoms with van der Waals surface area (Å²) in [6.45, 7) is 5.72. The minimum absolute atomic E-state index is 0.133. The molecular weight excluding hydrogens is 676 g/mol. The summed E-state index contributed by atoms with van der Waals surface area (Å²) in [7, 11) is 4.88. The Morgan fingerprint density at radius 3 is 2.58 bits per heavy atom. The molecule has 14 nitrogen and oxygen atoms in total. The van der Waals surface area contributed by atoms with E-state index in [1.807, 2.05) is 31.2 Å². The predicted octanol–water partition coefficient (Wildman–Crippen LogP) is 5.43. The fourth-order valence-electron chi connectivity index (χ4n) is 7.02. The van der Waals surface area contributed by atoms with Crippen molar-refractivity contribution in [3.05, 3.63) is 71.7 Å². The zero-order chi connectivity index (χ0) is 37.5. The summed E-state index contributed by atoms with van der Waals surface area (Å²) in [6.07, 6.45) is 8.26. The number of pyridine rings is 1. The van der Waals surface area contributed by atoms with Crippen LogP contribution in [0.4, 0.5) is 16.2 Å². The SMILES string of the molecule is COc1cc2nn(C3CCCN(CCCCCN(C)C(=O)c4ccc(OC)c(N5CCC(=O)NC5=O)c4)CC3)cc2cc1NC(=O)c1cccc(C)n1. The zero-order valence-electron chi connectivity index (χ0n) is 30.9. The van der Waals surface area contributed by atoms with Gasteiger partial charge in [-0.15, -0.1) is 0 Å². The molecule has 0 bridgehead atoms. The Hall–Kier alpha value is -5.50. The number of nitrogens with one attached hydrogen (secondary N) is 2. The first kappa shape index (κ1) is 37.3. The Balaban J connectivity index is 0.970. The van der Waals surface area contributed by atoms with Crippen LogP contribution in [0.3, 0.4) is 0 Å². The number of nitrogens with zero attached hydrogens (tertiary/aromatic N) is 6. The number of aromatic nitrogens is 3. The number of hydrogen-bond donors (Lipinski definition) is 2. The second-order valence-corrected chi connectivity index (χ2v) is 13.7. The molecule has 2 aromatic carbocycles. The summed E-state index contributed by atoms with van der Waals surface area (Å²) in [4.78, 5) is 60.3. The Morgan fingerprint density at radius 1 is 0.981 bits per heavy atom. The van der Waals surface area contributed by atoms with Crippen molar-refractivity contribution in [1.82, 2.24) is 29.9 Å². The van der Waals surface area contributed by atoms with E-state index in [-0.39, 0.29) is 36.7 Å². The number of likely N-dealkylation sites (tertiary alicyclic amines) is 1. The maximum Gasteiger partial charge on any atom is 0.328 e. The van der Waals surface area contributed by atoms with Crippen LogP contribution in [-0.4, -0.2) is 102 Å². The van der Waals surface area contributed by atoms with E-state index >= 15 is 0 Å². The van der Waals surface area contributed by atoms with Crippen molar-refractivity contribution in [2.45, 2.75) is 57.9 Å². The number of amides is 5. The normalized spacial score (nSPS) is 16.6. The minimum Gasteiger partial charge on any atom is -0.495 e. The van der Waals surface area contributed by atoms with Gasteiger partial charge >= 0.3 is 6.03 Å². The number of carbonyl (C=O) groups is 4. The molecule has 2 fully saturated rings. The lowest BCUT2D eigenvalue weighted by atomic mass is 10.1. The third-order valence-electron chi connectivity index (χ3n) is 9.96. The lowest BCUT2D eigenvalue weighted by Gasteiger charge is -2.28. The molecule has 4 heterocycles. The van der Waals surface area contributed by atoms with Gasteiger partial charge in [0.1, 0.15) is 17.2 Å². The fourth-order valence-corrected chi connectivity index (χ4v) is 7.02. The minimum atomic E-state index is -0.525. The van der Waals surface area contributed by atoms with Crippen LogP contribution in [0.1, 0.15) is 77.5 Å². The van der Waals surface area contributed by atoms with Gasteiger partial charge in [0.05, 0.1) is 37.2 Å². The van der Waals surface area contributed by atoms with Gasteiger partial charge in [0.15, 0.2) is 0 Å². The summed E-state index contributed by atoms with van der Waals surface area (Å²) in [6, 6.07) is 13.9. The summed E-state index contributed by atoms with van der Waals surface area (Å²) < 4.78 is 13.1. The second kappa shape index (κ2) is 16.9.